The molecule has 0 bridgehead atoms. The smallest absolute Gasteiger partial charge is 0.255 e. The first-order chi connectivity index (χ1) is 26.8. The summed E-state index contributed by atoms with van der Waals surface area (Å²) in [5.74, 6) is 2.44. The Balaban J connectivity index is 0.750. The number of rotatable bonds is 13. The maximum atomic E-state index is 13.0. The molecule has 0 spiro atoms. The van der Waals surface area contributed by atoms with Crippen molar-refractivity contribution in [3.05, 3.63) is 101 Å². The number of halogens is 1. The lowest BCUT2D eigenvalue weighted by atomic mass is 9.92. The fourth-order valence-electron chi connectivity index (χ4n) is 7.78. The molecule has 4 heterocycles. The number of aromatic hydroxyl groups is 1. The van der Waals surface area contributed by atoms with Crippen LogP contribution in [0.25, 0.3) is 20.5 Å². The highest BCUT2D eigenvalue weighted by Crippen LogP contribution is 2.47. The maximum Gasteiger partial charge on any atom is 0.255 e. The molecule has 3 aliphatic heterocycles. The van der Waals surface area contributed by atoms with E-state index in [1.807, 2.05) is 60.7 Å². The summed E-state index contributed by atoms with van der Waals surface area (Å²) in [7, 11) is 0. The molecule has 1 aromatic heterocycles. The van der Waals surface area contributed by atoms with Crippen molar-refractivity contribution >= 4 is 60.8 Å². The maximum absolute atomic E-state index is 13.0. The third kappa shape index (κ3) is 8.51. The normalized spacial score (nSPS) is 17.7. The molecule has 0 aliphatic carbocycles. The van der Waals surface area contributed by atoms with Gasteiger partial charge in [0.05, 0.1) is 4.88 Å². The van der Waals surface area contributed by atoms with Gasteiger partial charge in [0.25, 0.3) is 5.91 Å². The standard InChI is InChI=1S/C43H43BrN4O6S/c44-30-5-3-28(4-6-30)41-40(36-14-8-32(49)25-38(36)55-41)54-34-11-9-33(10-12-34)53-23-22-47-20-17-27(18-21-47)2-1-19-45-31-7-13-35-29(24-31)26-48(43(35)52)37-15-16-39(50)46-42(37)51/h3-14,24-25,27,37,45,49H,1-2,15-23,26H2,(H,46,50,51). The van der Waals surface area contributed by atoms with E-state index in [1.165, 1.54) is 19.3 Å². The van der Waals surface area contributed by atoms with Gasteiger partial charge in [0.15, 0.2) is 5.75 Å². The quantitative estimate of drug-likeness (QED) is 0.0799. The van der Waals surface area contributed by atoms with Crippen LogP contribution in [-0.2, 0) is 16.1 Å². The van der Waals surface area contributed by atoms with Gasteiger partial charge in [-0.1, -0.05) is 28.1 Å². The Labute approximate surface area is 332 Å². The number of piperidine rings is 2. The second-order valence-electron chi connectivity index (χ2n) is 14.5. The lowest BCUT2D eigenvalue weighted by Gasteiger charge is -2.31. The summed E-state index contributed by atoms with van der Waals surface area (Å²) in [5.41, 5.74) is 3.58. The molecule has 8 rings (SSSR count). The Morgan fingerprint density at radius 1 is 0.909 bits per heavy atom. The topological polar surface area (TPSA) is 120 Å². The molecule has 2 fully saturated rings. The number of ether oxygens (including phenoxy) is 2. The highest BCUT2D eigenvalue weighted by molar-refractivity contribution is 9.10. The van der Waals surface area contributed by atoms with E-state index in [0.717, 1.165) is 86.1 Å². The van der Waals surface area contributed by atoms with Crippen LogP contribution >= 0.6 is 27.3 Å². The van der Waals surface area contributed by atoms with E-state index in [-0.39, 0.29) is 29.9 Å². The average molecular weight is 824 g/mol. The number of hydrogen-bond donors (Lipinski definition) is 3. The lowest BCUT2D eigenvalue weighted by molar-refractivity contribution is -0.136. The molecule has 1 unspecified atom stereocenters. The summed E-state index contributed by atoms with van der Waals surface area (Å²) in [6.45, 7) is 4.91. The third-order valence-electron chi connectivity index (χ3n) is 10.8. The fourth-order valence-corrected chi connectivity index (χ4v) is 9.21. The first kappa shape index (κ1) is 37.0. The number of anilines is 1. The molecule has 3 amide bonds. The predicted octanol–water partition coefficient (Wildman–Crippen LogP) is 8.57. The summed E-state index contributed by atoms with van der Waals surface area (Å²) >= 11 is 5.12. The predicted molar refractivity (Wildman–Crippen MR) is 218 cm³/mol. The van der Waals surface area contributed by atoms with E-state index in [9.17, 15) is 19.5 Å². The van der Waals surface area contributed by atoms with Crippen LogP contribution < -0.4 is 20.1 Å². The van der Waals surface area contributed by atoms with Gasteiger partial charge < -0.3 is 24.8 Å². The number of nitrogens with one attached hydrogen (secondary N) is 2. The van der Waals surface area contributed by atoms with Crippen molar-refractivity contribution in [3.8, 4) is 33.4 Å². The zero-order chi connectivity index (χ0) is 37.9. The zero-order valence-corrected chi connectivity index (χ0v) is 32.8. The molecule has 2 saturated heterocycles. The number of phenols is 1. The molecular formula is C43H43BrN4O6S. The van der Waals surface area contributed by atoms with E-state index in [2.05, 4.69) is 43.6 Å². The molecular weight excluding hydrogens is 780 g/mol. The van der Waals surface area contributed by atoms with E-state index < -0.39 is 6.04 Å². The van der Waals surface area contributed by atoms with Crippen molar-refractivity contribution in [2.75, 3.05) is 38.1 Å². The third-order valence-corrected chi connectivity index (χ3v) is 12.5. The van der Waals surface area contributed by atoms with Crippen molar-refractivity contribution in [2.45, 2.75) is 51.1 Å². The summed E-state index contributed by atoms with van der Waals surface area (Å²) in [6, 6.07) is 26.5. The van der Waals surface area contributed by atoms with E-state index in [0.29, 0.717) is 31.1 Å². The molecule has 5 aromatic rings. The molecule has 4 aromatic carbocycles. The van der Waals surface area contributed by atoms with Crippen LogP contribution in [0.5, 0.6) is 23.0 Å². The highest BCUT2D eigenvalue weighted by Gasteiger charge is 2.39. The largest absolute Gasteiger partial charge is 0.508 e. The number of carbonyl (C=O) groups excluding carboxylic acids is 3. The van der Waals surface area contributed by atoms with Crippen molar-refractivity contribution in [1.82, 2.24) is 15.1 Å². The van der Waals surface area contributed by atoms with Gasteiger partial charge in [0.1, 0.15) is 29.9 Å². The van der Waals surface area contributed by atoms with Gasteiger partial charge in [0, 0.05) is 51.9 Å². The van der Waals surface area contributed by atoms with Gasteiger partial charge in [-0.05, 0) is 135 Å². The van der Waals surface area contributed by atoms with E-state index in [1.54, 1.807) is 28.4 Å². The van der Waals surface area contributed by atoms with Crippen LogP contribution in [0.2, 0.25) is 0 Å². The van der Waals surface area contributed by atoms with Gasteiger partial charge in [-0.2, -0.15) is 0 Å². The molecule has 1 atom stereocenters. The van der Waals surface area contributed by atoms with Gasteiger partial charge >= 0.3 is 0 Å². The highest BCUT2D eigenvalue weighted by atomic mass is 79.9. The minimum Gasteiger partial charge on any atom is -0.508 e. The Morgan fingerprint density at radius 3 is 2.47 bits per heavy atom. The number of fused-ring (bicyclic) bond motifs is 2. The van der Waals surface area contributed by atoms with Crippen molar-refractivity contribution in [3.63, 3.8) is 0 Å². The number of benzene rings is 4. The number of nitrogens with zero attached hydrogens (tertiary/aromatic N) is 2. The van der Waals surface area contributed by atoms with E-state index >= 15 is 0 Å². The molecule has 12 heteroatoms. The molecule has 55 heavy (non-hydrogen) atoms. The zero-order valence-electron chi connectivity index (χ0n) is 30.4. The molecule has 0 radical (unpaired) electrons. The SMILES string of the molecule is O=C1CCC(N2Cc3cc(NCCCC4CCN(CCOc5ccc(Oc6c(-c7ccc(Br)cc7)sc7cc(O)ccc67)cc5)CC4)ccc3C2=O)C(=O)N1. The van der Waals surface area contributed by atoms with Crippen LogP contribution in [0.4, 0.5) is 5.69 Å². The van der Waals surface area contributed by atoms with Crippen molar-refractivity contribution in [1.29, 1.82) is 0 Å². The average Bonchev–Trinajstić information content (AvgIpc) is 3.70. The number of imide groups is 1. The second-order valence-corrected chi connectivity index (χ2v) is 16.5. The summed E-state index contributed by atoms with van der Waals surface area (Å²) in [4.78, 5) is 42.0. The van der Waals surface area contributed by atoms with Crippen molar-refractivity contribution < 1.29 is 29.0 Å². The monoisotopic (exact) mass is 822 g/mol. The number of likely N-dealkylation sites (tertiary alicyclic amines) is 1. The van der Waals surface area contributed by atoms with Gasteiger partial charge in [-0.15, -0.1) is 11.3 Å². The lowest BCUT2D eigenvalue weighted by Crippen LogP contribution is -2.52. The van der Waals surface area contributed by atoms with Gasteiger partial charge in [0.2, 0.25) is 11.8 Å². The fraction of sp³-hybridized carbons (Fsp3) is 0.326. The number of amides is 3. The van der Waals surface area contributed by atoms with Gasteiger partial charge in [-0.3, -0.25) is 24.6 Å². The van der Waals surface area contributed by atoms with Crippen LogP contribution in [0, 0.1) is 5.92 Å². The number of hydrogen-bond acceptors (Lipinski definition) is 9. The second kappa shape index (κ2) is 16.4. The summed E-state index contributed by atoms with van der Waals surface area (Å²) < 4.78 is 14.6. The number of carbonyl (C=O) groups is 3. The first-order valence-electron chi connectivity index (χ1n) is 18.9. The minimum absolute atomic E-state index is 0.145. The van der Waals surface area contributed by atoms with Crippen LogP contribution in [0.1, 0.15) is 54.4 Å². The molecule has 3 aliphatic rings. The van der Waals surface area contributed by atoms with E-state index in [4.69, 9.17) is 9.47 Å². The van der Waals surface area contributed by atoms with Crippen molar-refractivity contribution in [2.24, 2.45) is 5.92 Å². The minimum atomic E-state index is -0.595. The molecule has 0 saturated carbocycles. The molecule has 284 valence electrons. The summed E-state index contributed by atoms with van der Waals surface area (Å²) in [6.07, 6.45) is 5.23. The Morgan fingerprint density at radius 2 is 1.69 bits per heavy atom. The van der Waals surface area contributed by atoms with Gasteiger partial charge in [-0.25, -0.2) is 0 Å². The first-order valence-corrected chi connectivity index (χ1v) is 20.5. The van der Waals surface area contributed by atoms with Crippen LogP contribution in [-0.4, -0.2) is 71.5 Å². The Kier molecular flexibility index (Phi) is 11.1. The Hall–Kier alpha value is -4.91. The molecule has 10 nitrogen and oxygen atoms in total. The van der Waals surface area contributed by atoms with Crippen LogP contribution in [0.3, 0.4) is 0 Å². The summed E-state index contributed by atoms with van der Waals surface area (Å²) in [5, 5.41) is 16.9. The van der Waals surface area contributed by atoms with Crippen LogP contribution in [0.15, 0.2) is 89.4 Å². The Bertz CT molecular complexity index is 2200. The molecule has 3 N–H and O–H groups in total. The number of phenolic OH excluding ortho intramolecular Hbond substituents is 1. The number of thiophene rings is 1.